The van der Waals surface area contributed by atoms with Gasteiger partial charge in [0, 0.05) is 12.1 Å². The van der Waals surface area contributed by atoms with Crippen LogP contribution in [-0.4, -0.2) is 22.6 Å². The summed E-state index contributed by atoms with van der Waals surface area (Å²) in [4.78, 5) is -0.0325. The van der Waals surface area contributed by atoms with Crippen LogP contribution >= 0.6 is 11.6 Å². The summed E-state index contributed by atoms with van der Waals surface area (Å²) in [5.74, 6) is 0.0207. The molecular weight excluding hydrogens is 345 g/mol. The van der Waals surface area contributed by atoms with Gasteiger partial charge in [-0.15, -0.1) is 0 Å². The van der Waals surface area contributed by atoms with E-state index in [1.807, 2.05) is 0 Å². The second kappa shape index (κ2) is 6.64. The zero-order valence-corrected chi connectivity index (χ0v) is 14.3. The van der Waals surface area contributed by atoms with Gasteiger partial charge in [0.05, 0.1) is 29.8 Å². The lowest BCUT2D eigenvalue weighted by Gasteiger charge is -2.15. The minimum atomic E-state index is -3.93. The number of anilines is 1. The van der Waals surface area contributed by atoms with Crippen molar-refractivity contribution in [2.24, 2.45) is 0 Å². The van der Waals surface area contributed by atoms with E-state index >= 15 is 0 Å². The summed E-state index contributed by atoms with van der Waals surface area (Å²) in [5, 5.41) is 0.283. The monoisotopic (exact) mass is 359 g/mol. The molecule has 0 radical (unpaired) electrons. The van der Waals surface area contributed by atoms with Crippen molar-refractivity contribution < 1.29 is 22.3 Å². The molecule has 1 N–H and O–H groups in total. The predicted molar refractivity (Wildman–Crippen MR) is 86.5 cm³/mol. The molecule has 0 amide bonds. The van der Waals surface area contributed by atoms with Crippen LogP contribution in [0.3, 0.4) is 0 Å². The Morgan fingerprint density at radius 2 is 1.74 bits per heavy atom. The molecule has 124 valence electrons. The Hall–Kier alpha value is -1.99. The largest absolute Gasteiger partial charge is 0.495 e. The maximum Gasteiger partial charge on any atom is 0.262 e. The number of rotatable bonds is 5. The summed E-state index contributed by atoms with van der Waals surface area (Å²) in [5.41, 5.74) is 0.454. The number of benzene rings is 2. The minimum absolute atomic E-state index is 0.0325. The highest BCUT2D eigenvalue weighted by Gasteiger charge is 2.20. The van der Waals surface area contributed by atoms with Crippen LogP contribution in [-0.2, 0) is 10.0 Å². The maximum absolute atomic E-state index is 13.2. The van der Waals surface area contributed by atoms with E-state index in [1.54, 1.807) is 0 Å². The van der Waals surface area contributed by atoms with Gasteiger partial charge in [0.2, 0.25) is 0 Å². The van der Waals surface area contributed by atoms with Crippen molar-refractivity contribution in [3.8, 4) is 11.5 Å². The highest BCUT2D eigenvalue weighted by Crippen LogP contribution is 2.37. The van der Waals surface area contributed by atoms with E-state index in [9.17, 15) is 12.8 Å². The summed E-state index contributed by atoms with van der Waals surface area (Å²) in [7, 11) is -1.13. The van der Waals surface area contributed by atoms with Crippen LogP contribution < -0.4 is 14.2 Å². The first-order chi connectivity index (χ1) is 10.8. The summed E-state index contributed by atoms with van der Waals surface area (Å²) in [6.45, 7) is 1.51. The van der Waals surface area contributed by atoms with Gasteiger partial charge in [0.25, 0.3) is 10.0 Å². The molecule has 2 aromatic carbocycles. The quantitative estimate of drug-likeness (QED) is 0.885. The van der Waals surface area contributed by atoms with Gasteiger partial charge in [-0.05, 0) is 30.7 Å². The first-order valence-electron chi connectivity index (χ1n) is 6.49. The molecule has 0 unspecified atom stereocenters. The lowest BCUT2D eigenvalue weighted by Crippen LogP contribution is -2.15. The topological polar surface area (TPSA) is 64.6 Å². The fourth-order valence-corrected chi connectivity index (χ4v) is 3.57. The van der Waals surface area contributed by atoms with Crippen molar-refractivity contribution in [2.75, 3.05) is 18.9 Å². The molecule has 2 aromatic rings. The van der Waals surface area contributed by atoms with E-state index in [4.69, 9.17) is 21.1 Å². The van der Waals surface area contributed by atoms with Gasteiger partial charge >= 0.3 is 0 Å². The van der Waals surface area contributed by atoms with E-state index < -0.39 is 15.8 Å². The van der Waals surface area contributed by atoms with Crippen molar-refractivity contribution in [3.63, 3.8) is 0 Å². The maximum atomic E-state index is 13.2. The van der Waals surface area contributed by atoms with Crippen LogP contribution in [0.2, 0.25) is 5.02 Å². The van der Waals surface area contributed by atoms with Crippen LogP contribution in [0, 0.1) is 12.7 Å². The molecule has 0 aliphatic carbocycles. The summed E-state index contributed by atoms with van der Waals surface area (Å²) < 4.78 is 50.8. The molecule has 0 aliphatic heterocycles. The average Bonchev–Trinajstić information content (AvgIpc) is 2.47. The van der Waals surface area contributed by atoms with Crippen molar-refractivity contribution in [1.29, 1.82) is 0 Å². The van der Waals surface area contributed by atoms with E-state index in [2.05, 4.69) is 4.72 Å². The minimum Gasteiger partial charge on any atom is -0.495 e. The summed E-state index contributed by atoms with van der Waals surface area (Å²) >= 11 is 5.99. The summed E-state index contributed by atoms with van der Waals surface area (Å²) in [6, 6.07) is 6.29. The van der Waals surface area contributed by atoms with Crippen molar-refractivity contribution >= 4 is 27.3 Å². The number of halogens is 2. The third-order valence-electron chi connectivity index (χ3n) is 3.14. The molecule has 23 heavy (non-hydrogen) atoms. The van der Waals surface area contributed by atoms with Gasteiger partial charge in [-0.3, -0.25) is 4.72 Å². The molecule has 8 heteroatoms. The standard InChI is InChI=1S/C15H15ClFNO4S/c1-9-6-10(17)4-5-15(9)23(19,20)18-12-8-13(21-2)11(16)7-14(12)22-3/h4-8,18H,1-3H3. The third-order valence-corrected chi connectivity index (χ3v) is 4.97. The van der Waals surface area contributed by atoms with Gasteiger partial charge in [0.15, 0.2) is 0 Å². The Morgan fingerprint density at radius 1 is 1.09 bits per heavy atom. The lowest BCUT2D eigenvalue weighted by atomic mass is 10.2. The Labute approximate surface area is 139 Å². The molecule has 0 saturated carbocycles. The molecule has 5 nitrogen and oxygen atoms in total. The van der Waals surface area contributed by atoms with Crippen LogP contribution in [0.25, 0.3) is 0 Å². The second-order valence-corrected chi connectivity index (χ2v) is 6.76. The van der Waals surface area contributed by atoms with Crippen molar-refractivity contribution in [2.45, 2.75) is 11.8 Å². The highest BCUT2D eigenvalue weighted by atomic mass is 35.5. The smallest absolute Gasteiger partial charge is 0.262 e. The molecule has 0 aliphatic rings. The fourth-order valence-electron chi connectivity index (χ4n) is 2.05. The molecule has 0 bridgehead atoms. The van der Waals surface area contributed by atoms with Crippen LogP contribution in [0.15, 0.2) is 35.2 Å². The molecule has 0 saturated heterocycles. The Bertz CT molecular complexity index is 840. The molecule has 0 fully saturated rings. The van der Waals surface area contributed by atoms with Gasteiger partial charge in [0.1, 0.15) is 17.3 Å². The number of hydrogen-bond acceptors (Lipinski definition) is 4. The SMILES string of the molecule is COc1cc(NS(=O)(=O)c2ccc(F)cc2C)c(OC)cc1Cl. The first kappa shape index (κ1) is 17.4. The zero-order chi connectivity index (χ0) is 17.2. The number of sulfonamides is 1. The van der Waals surface area contributed by atoms with Crippen LogP contribution in [0.1, 0.15) is 5.56 Å². The first-order valence-corrected chi connectivity index (χ1v) is 8.35. The molecule has 0 spiro atoms. The van der Waals surface area contributed by atoms with Crippen LogP contribution in [0.4, 0.5) is 10.1 Å². The molecular formula is C15H15ClFNO4S. The van der Waals surface area contributed by atoms with E-state index in [0.29, 0.717) is 5.75 Å². The highest BCUT2D eigenvalue weighted by molar-refractivity contribution is 7.92. The van der Waals surface area contributed by atoms with Crippen LogP contribution in [0.5, 0.6) is 11.5 Å². The van der Waals surface area contributed by atoms with E-state index in [-0.39, 0.29) is 26.9 Å². The van der Waals surface area contributed by atoms with Crippen molar-refractivity contribution in [3.05, 3.63) is 46.7 Å². The van der Waals surface area contributed by atoms with E-state index in [0.717, 1.165) is 12.1 Å². The molecule has 0 heterocycles. The number of ether oxygens (including phenoxy) is 2. The Morgan fingerprint density at radius 3 is 2.30 bits per heavy atom. The molecule has 2 rings (SSSR count). The number of nitrogens with one attached hydrogen (secondary N) is 1. The van der Waals surface area contributed by atoms with Crippen molar-refractivity contribution in [1.82, 2.24) is 0 Å². The van der Waals surface area contributed by atoms with E-state index in [1.165, 1.54) is 39.3 Å². The zero-order valence-electron chi connectivity index (χ0n) is 12.7. The third kappa shape index (κ3) is 3.68. The number of hydrogen-bond donors (Lipinski definition) is 1. The number of aryl methyl sites for hydroxylation is 1. The predicted octanol–water partition coefficient (Wildman–Crippen LogP) is 3.61. The van der Waals surface area contributed by atoms with Gasteiger partial charge < -0.3 is 9.47 Å². The molecule has 0 atom stereocenters. The summed E-state index contributed by atoms with van der Waals surface area (Å²) in [6.07, 6.45) is 0. The Kier molecular flexibility index (Phi) is 5.01. The average molecular weight is 360 g/mol. The number of methoxy groups -OCH3 is 2. The second-order valence-electron chi connectivity index (χ2n) is 4.70. The Balaban J connectivity index is 2.48. The van der Waals surface area contributed by atoms with Gasteiger partial charge in [-0.1, -0.05) is 11.6 Å². The van der Waals surface area contributed by atoms with Gasteiger partial charge in [-0.25, -0.2) is 12.8 Å². The molecule has 0 aromatic heterocycles. The lowest BCUT2D eigenvalue weighted by molar-refractivity contribution is 0.405. The normalized spacial score (nSPS) is 11.2. The van der Waals surface area contributed by atoms with Gasteiger partial charge in [-0.2, -0.15) is 0 Å². The fraction of sp³-hybridized carbons (Fsp3) is 0.200.